The molecule has 3 heterocycles. The molecule has 4 rings (SSSR count). The molecule has 1 aromatic carbocycles. The smallest absolute Gasteiger partial charge is 0.431 e. The highest BCUT2D eigenvalue weighted by Gasteiger charge is 2.36. The molecule has 31 heavy (non-hydrogen) atoms. The lowest BCUT2D eigenvalue weighted by molar-refractivity contribution is -0.140. The number of amides is 1. The SMILES string of the molecule is NC(=O)c1cc(-c2ccc(OCc3ccn4ccnc4c3)cc2)c(C(F)(F)F)[nH]c1=O. The van der Waals surface area contributed by atoms with E-state index in [1.807, 2.05) is 28.9 Å². The van der Waals surface area contributed by atoms with Crippen LogP contribution in [0.1, 0.15) is 21.6 Å². The maximum Gasteiger partial charge on any atom is 0.431 e. The van der Waals surface area contributed by atoms with Gasteiger partial charge in [0, 0.05) is 24.2 Å². The van der Waals surface area contributed by atoms with Crippen molar-refractivity contribution < 1.29 is 22.7 Å². The molecule has 0 aliphatic carbocycles. The number of hydrogen-bond acceptors (Lipinski definition) is 4. The molecule has 3 N–H and O–H groups in total. The van der Waals surface area contributed by atoms with Gasteiger partial charge in [0.2, 0.25) is 0 Å². The summed E-state index contributed by atoms with van der Waals surface area (Å²) in [4.78, 5) is 29.1. The number of carbonyl (C=O) groups is 1. The average Bonchev–Trinajstić information content (AvgIpc) is 3.19. The number of hydrogen-bond donors (Lipinski definition) is 2. The highest BCUT2D eigenvalue weighted by atomic mass is 19.4. The fourth-order valence-corrected chi connectivity index (χ4v) is 3.10. The Bertz CT molecular complexity index is 1320. The summed E-state index contributed by atoms with van der Waals surface area (Å²) in [6.07, 6.45) is 0.503. The van der Waals surface area contributed by atoms with E-state index < -0.39 is 28.9 Å². The minimum Gasteiger partial charge on any atom is -0.489 e. The van der Waals surface area contributed by atoms with Gasteiger partial charge in [0.05, 0.1) is 0 Å². The molecule has 4 aromatic rings. The van der Waals surface area contributed by atoms with Crippen molar-refractivity contribution in [3.05, 3.63) is 88.2 Å². The quantitative estimate of drug-likeness (QED) is 0.509. The third-order valence-corrected chi connectivity index (χ3v) is 4.62. The normalized spacial score (nSPS) is 11.6. The number of imidazole rings is 1. The van der Waals surface area contributed by atoms with Gasteiger partial charge in [-0.2, -0.15) is 13.2 Å². The molecule has 0 saturated heterocycles. The molecule has 0 aliphatic heterocycles. The number of alkyl halides is 3. The van der Waals surface area contributed by atoms with Crippen molar-refractivity contribution in [1.82, 2.24) is 14.4 Å². The van der Waals surface area contributed by atoms with Crippen molar-refractivity contribution >= 4 is 11.6 Å². The van der Waals surface area contributed by atoms with Gasteiger partial charge in [0.25, 0.3) is 11.5 Å². The zero-order chi connectivity index (χ0) is 22.2. The van der Waals surface area contributed by atoms with Gasteiger partial charge in [-0.1, -0.05) is 12.1 Å². The lowest BCUT2D eigenvalue weighted by Crippen LogP contribution is -2.27. The number of nitrogens with one attached hydrogen (secondary N) is 1. The molecule has 0 spiro atoms. The van der Waals surface area contributed by atoms with Crippen molar-refractivity contribution in [2.75, 3.05) is 0 Å². The Morgan fingerprint density at radius 1 is 1.13 bits per heavy atom. The van der Waals surface area contributed by atoms with Crippen LogP contribution in [0.3, 0.4) is 0 Å². The van der Waals surface area contributed by atoms with Gasteiger partial charge in [0.1, 0.15) is 29.3 Å². The zero-order valence-corrected chi connectivity index (χ0v) is 15.8. The van der Waals surface area contributed by atoms with Crippen LogP contribution in [0, 0.1) is 0 Å². The number of ether oxygens (including phenoxy) is 1. The fourth-order valence-electron chi connectivity index (χ4n) is 3.10. The predicted molar refractivity (Wildman–Crippen MR) is 106 cm³/mol. The minimum atomic E-state index is -4.83. The Kier molecular flexibility index (Phi) is 4.97. The molecule has 158 valence electrons. The van der Waals surface area contributed by atoms with Gasteiger partial charge in [-0.15, -0.1) is 0 Å². The number of benzene rings is 1. The number of fused-ring (bicyclic) bond motifs is 1. The first-order valence-electron chi connectivity index (χ1n) is 9.01. The standard InChI is InChI=1S/C21H15F3N4O3/c22-21(23,24)18-15(10-16(19(25)29)20(30)27-18)13-1-3-14(4-2-13)31-11-12-5-7-28-8-6-26-17(28)9-12/h1-10H,11H2,(H2,25,29)(H,27,30). The molecule has 10 heteroatoms. The number of carbonyl (C=O) groups excluding carboxylic acids is 1. The Morgan fingerprint density at radius 2 is 1.87 bits per heavy atom. The lowest BCUT2D eigenvalue weighted by atomic mass is 10.0. The fraction of sp³-hybridized carbons (Fsp3) is 0.0952. The molecular formula is C21H15F3N4O3. The van der Waals surface area contributed by atoms with E-state index in [1.165, 1.54) is 24.3 Å². The van der Waals surface area contributed by atoms with Crippen LogP contribution in [-0.4, -0.2) is 20.3 Å². The van der Waals surface area contributed by atoms with Gasteiger partial charge < -0.3 is 19.9 Å². The first-order valence-corrected chi connectivity index (χ1v) is 9.01. The Morgan fingerprint density at radius 3 is 2.55 bits per heavy atom. The second kappa shape index (κ2) is 7.63. The number of H-pyrrole nitrogens is 1. The van der Waals surface area contributed by atoms with E-state index >= 15 is 0 Å². The van der Waals surface area contributed by atoms with Crippen molar-refractivity contribution in [1.29, 1.82) is 0 Å². The molecule has 3 aromatic heterocycles. The van der Waals surface area contributed by atoms with Crippen LogP contribution >= 0.6 is 0 Å². The van der Waals surface area contributed by atoms with Crippen molar-refractivity contribution in [3.63, 3.8) is 0 Å². The largest absolute Gasteiger partial charge is 0.489 e. The van der Waals surface area contributed by atoms with Gasteiger partial charge in [-0.05, 0) is 41.5 Å². The molecule has 7 nitrogen and oxygen atoms in total. The van der Waals surface area contributed by atoms with Crippen molar-refractivity contribution in [2.24, 2.45) is 5.73 Å². The van der Waals surface area contributed by atoms with Crippen LogP contribution < -0.4 is 16.0 Å². The van der Waals surface area contributed by atoms with Gasteiger partial charge in [-0.3, -0.25) is 9.59 Å². The van der Waals surface area contributed by atoms with Gasteiger partial charge in [-0.25, -0.2) is 4.98 Å². The van der Waals surface area contributed by atoms with Gasteiger partial charge in [0.15, 0.2) is 0 Å². The van der Waals surface area contributed by atoms with E-state index in [4.69, 9.17) is 10.5 Å². The first-order chi connectivity index (χ1) is 14.7. The van der Waals surface area contributed by atoms with Crippen LogP contribution in [0.2, 0.25) is 0 Å². The number of nitrogens with two attached hydrogens (primary N) is 1. The summed E-state index contributed by atoms with van der Waals surface area (Å²) < 4.78 is 47.8. The molecule has 0 unspecified atom stereocenters. The van der Waals surface area contributed by atoms with Crippen LogP contribution in [0.4, 0.5) is 13.2 Å². The maximum atomic E-state index is 13.4. The summed E-state index contributed by atoms with van der Waals surface area (Å²) in [6, 6.07) is 10.4. The number of aromatic amines is 1. The van der Waals surface area contributed by atoms with Crippen LogP contribution in [0.25, 0.3) is 16.8 Å². The number of aromatic nitrogens is 3. The molecule has 0 atom stereocenters. The van der Waals surface area contributed by atoms with Crippen LogP contribution in [0.5, 0.6) is 5.75 Å². The Balaban J connectivity index is 1.60. The van der Waals surface area contributed by atoms with E-state index in [0.29, 0.717) is 5.75 Å². The molecule has 1 amide bonds. The third kappa shape index (κ3) is 4.13. The highest BCUT2D eigenvalue weighted by molar-refractivity contribution is 5.94. The molecule has 0 fully saturated rings. The monoisotopic (exact) mass is 428 g/mol. The Labute approximate surface area is 172 Å². The Hall–Kier alpha value is -4.08. The third-order valence-electron chi connectivity index (χ3n) is 4.62. The molecule has 0 bridgehead atoms. The van der Waals surface area contributed by atoms with E-state index in [-0.39, 0.29) is 17.7 Å². The number of halogens is 3. The summed E-state index contributed by atoms with van der Waals surface area (Å²) in [5.41, 5.74) is 3.49. The van der Waals surface area contributed by atoms with E-state index in [1.54, 1.807) is 11.2 Å². The number of pyridine rings is 2. The first kappa shape index (κ1) is 20.2. The zero-order valence-electron chi connectivity index (χ0n) is 15.8. The number of primary amides is 1. The van der Waals surface area contributed by atoms with Crippen LogP contribution in [0.15, 0.2) is 65.8 Å². The summed E-state index contributed by atoms with van der Waals surface area (Å²) in [7, 11) is 0. The topological polar surface area (TPSA) is 102 Å². The molecule has 0 radical (unpaired) electrons. The van der Waals surface area contributed by atoms with E-state index in [0.717, 1.165) is 17.3 Å². The van der Waals surface area contributed by atoms with Crippen LogP contribution in [-0.2, 0) is 12.8 Å². The summed E-state index contributed by atoms with van der Waals surface area (Å²) in [6.45, 7) is 0.237. The second-order valence-electron chi connectivity index (χ2n) is 6.70. The maximum absolute atomic E-state index is 13.4. The summed E-state index contributed by atoms with van der Waals surface area (Å²) in [5, 5.41) is 0. The molecular weight excluding hydrogens is 413 g/mol. The minimum absolute atomic E-state index is 0.136. The number of nitrogens with zero attached hydrogens (tertiary/aromatic N) is 2. The van der Waals surface area contributed by atoms with Gasteiger partial charge >= 0.3 is 6.18 Å². The van der Waals surface area contributed by atoms with E-state index in [2.05, 4.69) is 4.98 Å². The predicted octanol–water partition coefficient (Wildman–Crippen LogP) is 3.39. The molecule has 0 saturated carbocycles. The summed E-state index contributed by atoms with van der Waals surface area (Å²) in [5.74, 6) is -0.689. The second-order valence-corrected chi connectivity index (χ2v) is 6.70. The highest BCUT2D eigenvalue weighted by Crippen LogP contribution is 2.35. The van der Waals surface area contributed by atoms with Crippen molar-refractivity contribution in [3.8, 4) is 16.9 Å². The average molecular weight is 428 g/mol. The molecule has 0 aliphatic rings. The summed E-state index contributed by atoms with van der Waals surface area (Å²) >= 11 is 0. The van der Waals surface area contributed by atoms with Crippen molar-refractivity contribution in [2.45, 2.75) is 12.8 Å². The lowest BCUT2D eigenvalue weighted by Gasteiger charge is -2.14. The number of rotatable bonds is 5. The van der Waals surface area contributed by atoms with E-state index in [9.17, 15) is 22.8 Å².